The highest BCUT2D eigenvalue weighted by atomic mass is 32.2. The van der Waals surface area contributed by atoms with Crippen LogP contribution in [0.5, 0.6) is 0 Å². The summed E-state index contributed by atoms with van der Waals surface area (Å²) in [5.41, 5.74) is 2.30. The molecule has 2 aromatic carbocycles. The maximum Gasteiger partial charge on any atom is 0.258 e. The van der Waals surface area contributed by atoms with Crippen molar-refractivity contribution >= 4 is 21.6 Å². The highest BCUT2D eigenvalue weighted by Crippen LogP contribution is 2.35. The Labute approximate surface area is 155 Å². The zero-order valence-corrected chi connectivity index (χ0v) is 16.1. The van der Waals surface area contributed by atoms with E-state index in [2.05, 4.69) is 4.72 Å². The molecule has 5 nitrogen and oxygen atoms in total. The van der Waals surface area contributed by atoms with Gasteiger partial charge < -0.3 is 4.90 Å². The monoisotopic (exact) mass is 372 g/mol. The van der Waals surface area contributed by atoms with Gasteiger partial charge in [0, 0.05) is 23.3 Å². The van der Waals surface area contributed by atoms with Gasteiger partial charge in [-0.05, 0) is 62.6 Å². The van der Waals surface area contributed by atoms with Crippen LogP contribution in [0.25, 0.3) is 0 Å². The maximum atomic E-state index is 12.9. The van der Waals surface area contributed by atoms with E-state index in [1.54, 1.807) is 35.2 Å². The second kappa shape index (κ2) is 7.21. The molecule has 1 N–H and O–H groups in total. The summed E-state index contributed by atoms with van der Waals surface area (Å²) in [6, 6.07) is 14.0. The quantitative estimate of drug-likeness (QED) is 0.875. The largest absolute Gasteiger partial charge is 0.305 e. The van der Waals surface area contributed by atoms with Gasteiger partial charge in [0.15, 0.2) is 0 Å². The molecular formula is C20H24N2O3S. The number of fused-ring (bicyclic) bond motifs is 1. The Morgan fingerprint density at radius 3 is 2.58 bits per heavy atom. The normalized spacial score (nSPS) is 17.8. The summed E-state index contributed by atoms with van der Waals surface area (Å²) in [5.74, 6) is -0.0646. The second-order valence-electron chi connectivity index (χ2n) is 6.82. The van der Waals surface area contributed by atoms with E-state index in [-0.39, 0.29) is 22.9 Å². The number of hydrogen-bond acceptors (Lipinski definition) is 3. The van der Waals surface area contributed by atoms with Gasteiger partial charge in [-0.3, -0.25) is 4.79 Å². The van der Waals surface area contributed by atoms with E-state index in [9.17, 15) is 13.2 Å². The topological polar surface area (TPSA) is 66.5 Å². The third-order valence-corrected chi connectivity index (χ3v) is 6.37. The van der Waals surface area contributed by atoms with Crippen molar-refractivity contribution in [3.63, 3.8) is 0 Å². The van der Waals surface area contributed by atoms with Crippen LogP contribution in [-0.4, -0.2) is 26.4 Å². The van der Waals surface area contributed by atoms with Crippen LogP contribution in [0.2, 0.25) is 0 Å². The summed E-state index contributed by atoms with van der Waals surface area (Å²) in [5, 5.41) is 0. The molecule has 2 aromatic rings. The van der Waals surface area contributed by atoms with Crippen molar-refractivity contribution in [2.75, 3.05) is 4.90 Å². The summed E-state index contributed by atoms with van der Waals surface area (Å²) in [6.45, 7) is 5.75. The molecule has 0 spiro atoms. The third-order valence-electron chi connectivity index (χ3n) is 4.79. The molecule has 3 rings (SSSR count). The van der Waals surface area contributed by atoms with Crippen LogP contribution in [0.4, 0.5) is 5.69 Å². The van der Waals surface area contributed by atoms with Gasteiger partial charge in [0.05, 0.1) is 4.90 Å². The molecule has 0 fully saturated rings. The predicted octanol–water partition coefficient (Wildman–Crippen LogP) is 3.35. The molecule has 138 valence electrons. The Morgan fingerprint density at radius 1 is 1.23 bits per heavy atom. The van der Waals surface area contributed by atoms with Crippen LogP contribution < -0.4 is 9.62 Å². The Hall–Kier alpha value is -2.18. The lowest BCUT2D eigenvalue weighted by Gasteiger charge is -2.23. The van der Waals surface area contributed by atoms with E-state index >= 15 is 0 Å². The van der Waals surface area contributed by atoms with Gasteiger partial charge in [-0.15, -0.1) is 0 Å². The summed E-state index contributed by atoms with van der Waals surface area (Å²) in [4.78, 5) is 14.9. The number of amides is 1. The van der Waals surface area contributed by atoms with Crippen molar-refractivity contribution in [2.45, 2.75) is 50.6 Å². The van der Waals surface area contributed by atoms with Crippen molar-refractivity contribution < 1.29 is 13.2 Å². The molecule has 1 aliphatic heterocycles. The molecule has 0 radical (unpaired) electrons. The lowest BCUT2D eigenvalue weighted by Crippen LogP contribution is -2.35. The van der Waals surface area contributed by atoms with Crippen LogP contribution in [0.15, 0.2) is 53.4 Å². The predicted molar refractivity (Wildman–Crippen MR) is 103 cm³/mol. The van der Waals surface area contributed by atoms with Crippen LogP contribution in [0.3, 0.4) is 0 Å². The smallest absolute Gasteiger partial charge is 0.258 e. The number of carbonyl (C=O) groups excluding carboxylic acids is 1. The van der Waals surface area contributed by atoms with E-state index in [4.69, 9.17) is 0 Å². The van der Waals surface area contributed by atoms with E-state index < -0.39 is 10.0 Å². The minimum atomic E-state index is -3.55. The Bertz CT molecular complexity index is 910. The average molecular weight is 372 g/mol. The number of anilines is 1. The summed E-state index contributed by atoms with van der Waals surface area (Å²) in [6.07, 6.45) is 1.36. The second-order valence-corrected chi connectivity index (χ2v) is 8.53. The highest BCUT2D eigenvalue weighted by Gasteiger charge is 2.32. The van der Waals surface area contributed by atoms with Gasteiger partial charge in [0.1, 0.15) is 0 Å². The first-order valence-corrected chi connectivity index (χ1v) is 10.4. The molecule has 0 saturated heterocycles. The van der Waals surface area contributed by atoms with Crippen molar-refractivity contribution in [1.82, 2.24) is 4.72 Å². The molecule has 2 atom stereocenters. The summed E-state index contributed by atoms with van der Waals surface area (Å²) < 4.78 is 27.7. The molecule has 1 aliphatic rings. The molecule has 1 amide bonds. The van der Waals surface area contributed by atoms with E-state index in [1.165, 1.54) is 0 Å². The van der Waals surface area contributed by atoms with Gasteiger partial charge >= 0.3 is 0 Å². The zero-order valence-electron chi connectivity index (χ0n) is 15.3. The van der Waals surface area contributed by atoms with E-state index in [0.29, 0.717) is 12.0 Å². The third kappa shape index (κ3) is 3.52. The fraction of sp³-hybridized carbons (Fsp3) is 0.350. The summed E-state index contributed by atoms with van der Waals surface area (Å²) >= 11 is 0. The van der Waals surface area contributed by atoms with Crippen molar-refractivity contribution in [1.29, 1.82) is 0 Å². The van der Waals surface area contributed by atoms with Gasteiger partial charge in [-0.1, -0.05) is 25.1 Å². The Morgan fingerprint density at radius 2 is 1.92 bits per heavy atom. The van der Waals surface area contributed by atoms with Crippen LogP contribution in [-0.2, 0) is 16.4 Å². The van der Waals surface area contributed by atoms with Gasteiger partial charge in [0.25, 0.3) is 5.91 Å². The molecule has 0 aliphatic carbocycles. The number of benzene rings is 2. The lowest BCUT2D eigenvalue weighted by atomic mass is 10.1. The molecule has 0 bridgehead atoms. The number of hydrogen-bond donors (Lipinski definition) is 1. The van der Waals surface area contributed by atoms with Gasteiger partial charge in [-0.25, -0.2) is 13.1 Å². The summed E-state index contributed by atoms with van der Waals surface area (Å²) in [7, 11) is -3.55. The molecule has 1 heterocycles. The number of nitrogens with zero attached hydrogens (tertiary/aromatic N) is 1. The lowest BCUT2D eigenvalue weighted by molar-refractivity contribution is 0.0981. The Balaban J connectivity index is 1.93. The van der Waals surface area contributed by atoms with Crippen molar-refractivity contribution in [2.24, 2.45) is 0 Å². The number of nitrogens with one attached hydrogen (secondary N) is 1. The molecule has 0 aromatic heterocycles. The zero-order chi connectivity index (χ0) is 18.9. The minimum absolute atomic E-state index is 0.0156. The molecule has 6 heteroatoms. The molecule has 26 heavy (non-hydrogen) atoms. The van der Waals surface area contributed by atoms with E-state index in [0.717, 1.165) is 17.7 Å². The first-order chi connectivity index (χ1) is 12.3. The van der Waals surface area contributed by atoms with Crippen LogP contribution in [0, 0.1) is 0 Å². The van der Waals surface area contributed by atoms with E-state index in [1.807, 2.05) is 39.0 Å². The molecule has 0 saturated carbocycles. The standard InChI is InChI=1S/C20H24N2O3S/c1-4-14(2)21-26(24,25)18-10-11-19-17(13-18)12-15(3)22(19)20(23)16-8-6-5-7-9-16/h5-11,13-15,21H,4,12H2,1-3H3/t14-,15+/m1/s1. The van der Waals surface area contributed by atoms with Crippen molar-refractivity contribution in [3.8, 4) is 0 Å². The highest BCUT2D eigenvalue weighted by molar-refractivity contribution is 7.89. The van der Waals surface area contributed by atoms with Crippen LogP contribution >= 0.6 is 0 Å². The maximum absolute atomic E-state index is 12.9. The first-order valence-electron chi connectivity index (χ1n) is 8.87. The number of carbonyl (C=O) groups is 1. The SMILES string of the molecule is CC[C@@H](C)NS(=O)(=O)c1ccc2c(c1)C[C@H](C)N2C(=O)c1ccccc1. The number of sulfonamides is 1. The number of rotatable bonds is 5. The van der Waals surface area contributed by atoms with Gasteiger partial charge in [0.2, 0.25) is 10.0 Å². The fourth-order valence-electron chi connectivity index (χ4n) is 3.22. The Kier molecular flexibility index (Phi) is 5.16. The van der Waals surface area contributed by atoms with Gasteiger partial charge in [-0.2, -0.15) is 0 Å². The first kappa shape index (κ1) is 18.6. The molecule has 0 unspecified atom stereocenters. The molecular weight excluding hydrogens is 348 g/mol. The fourth-order valence-corrected chi connectivity index (χ4v) is 4.60. The van der Waals surface area contributed by atoms with Crippen molar-refractivity contribution in [3.05, 3.63) is 59.7 Å². The minimum Gasteiger partial charge on any atom is -0.305 e. The van der Waals surface area contributed by atoms with Crippen LogP contribution in [0.1, 0.15) is 43.1 Å². The average Bonchev–Trinajstić information content (AvgIpc) is 2.96.